The molecule has 2 aromatic heterocycles. The van der Waals surface area contributed by atoms with Crippen molar-refractivity contribution in [2.45, 2.75) is 19.8 Å². The summed E-state index contributed by atoms with van der Waals surface area (Å²) in [6.07, 6.45) is 1.58. The van der Waals surface area contributed by atoms with Gasteiger partial charge in [-0.15, -0.1) is 5.10 Å². The fraction of sp³-hybridized carbons (Fsp3) is 0.364. The first-order chi connectivity index (χ1) is 9.63. The largest absolute Gasteiger partial charge is 0.481 e. The molecule has 0 bridgehead atoms. The molecular formula is C11H12ClN5O2S. The summed E-state index contributed by atoms with van der Waals surface area (Å²) in [6.45, 7) is 2.01. The fourth-order valence-electron chi connectivity index (χ4n) is 1.50. The van der Waals surface area contributed by atoms with Crippen molar-refractivity contribution in [3.63, 3.8) is 0 Å². The highest BCUT2D eigenvalue weighted by Crippen LogP contribution is 2.18. The molecule has 7 nitrogen and oxygen atoms in total. The lowest BCUT2D eigenvalue weighted by Crippen LogP contribution is -2.15. The van der Waals surface area contributed by atoms with Gasteiger partial charge in [-0.05, 0) is 18.0 Å². The number of nitrogens with zero attached hydrogens (tertiary/aromatic N) is 4. The summed E-state index contributed by atoms with van der Waals surface area (Å²) in [5, 5.41) is 6.68. The van der Waals surface area contributed by atoms with Crippen LogP contribution in [0.4, 0.5) is 5.95 Å². The maximum absolute atomic E-state index is 12.1. The molecule has 0 aliphatic heterocycles. The molecule has 0 atom stereocenters. The van der Waals surface area contributed by atoms with Crippen LogP contribution in [0, 0.1) is 0 Å². The monoisotopic (exact) mass is 313 g/mol. The zero-order valence-corrected chi connectivity index (χ0v) is 12.5. The number of nitrogens with one attached hydrogen (secondary N) is 1. The van der Waals surface area contributed by atoms with E-state index in [2.05, 4.69) is 24.9 Å². The molecule has 2 heterocycles. The number of carbonyl (C=O) groups is 1. The molecule has 20 heavy (non-hydrogen) atoms. The minimum atomic E-state index is -0.354. The van der Waals surface area contributed by atoms with Crippen molar-refractivity contribution in [2.24, 2.45) is 0 Å². The lowest BCUT2D eigenvalue weighted by Gasteiger charge is -2.05. The van der Waals surface area contributed by atoms with Gasteiger partial charge in [0.05, 0.1) is 12.8 Å². The third-order valence-corrected chi connectivity index (χ3v) is 3.32. The van der Waals surface area contributed by atoms with Crippen LogP contribution >= 0.6 is 23.1 Å². The number of hydrogen-bond acceptors (Lipinski definition) is 7. The van der Waals surface area contributed by atoms with Crippen LogP contribution in [0.5, 0.6) is 5.88 Å². The Bertz CT molecular complexity index is 619. The second-order valence-corrected chi connectivity index (χ2v) is 4.95. The van der Waals surface area contributed by atoms with Crippen LogP contribution in [-0.2, 0) is 6.42 Å². The number of carbonyl (C=O) groups excluding carboxylic acids is 1. The first kappa shape index (κ1) is 14.6. The third-order valence-electron chi connectivity index (χ3n) is 2.35. The number of anilines is 1. The van der Waals surface area contributed by atoms with Crippen LogP contribution in [0.15, 0.2) is 6.07 Å². The van der Waals surface area contributed by atoms with Crippen molar-refractivity contribution in [3.8, 4) is 5.88 Å². The number of halogens is 1. The van der Waals surface area contributed by atoms with E-state index in [9.17, 15) is 4.79 Å². The highest BCUT2D eigenvalue weighted by Gasteiger charge is 2.17. The number of hydrogen-bond donors (Lipinski definition) is 1. The molecule has 0 saturated carbocycles. The second kappa shape index (κ2) is 6.58. The Labute approximate surface area is 124 Å². The van der Waals surface area contributed by atoms with Crippen LogP contribution in [0.2, 0.25) is 5.15 Å². The van der Waals surface area contributed by atoms with Gasteiger partial charge in [-0.1, -0.05) is 29.4 Å². The first-order valence-electron chi connectivity index (χ1n) is 5.85. The topological polar surface area (TPSA) is 89.9 Å². The van der Waals surface area contributed by atoms with E-state index in [1.54, 1.807) is 0 Å². The van der Waals surface area contributed by atoms with Crippen molar-refractivity contribution in [2.75, 3.05) is 12.4 Å². The Hall–Kier alpha value is -1.80. The van der Waals surface area contributed by atoms with Crippen molar-refractivity contribution in [3.05, 3.63) is 21.8 Å². The molecule has 0 unspecified atom stereocenters. The molecule has 0 saturated heterocycles. The van der Waals surface area contributed by atoms with Crippen molar-refractivity contribution >= 4 is 35.0 Å². The number of rotatable bonds is 5. The second-order valence-electron chi connectivity index (χ2n) is 3.81. The van der Waals surface area contributed by atoms with Crippen LogP contribution in [0.3, 0.4) is 0 Å². The fourth-order valence-corrected chi connectivity index (χ4v) is 2.27. The molecule has 0 fully saturated rings. The van der Waals surface area contributed by atoms with Crippen LogP contribution in [0.1, 0.15) is 28.7 Å². The Kier molecular flexibility index (Phi) is 4.80. The zero-order chi connectivity index (χ0) is 14.5. The van der Waals surface area contributed by atoms with E-state index in [1.165, 1.54) is 13.2 Å². The van der Waals surface area contributed by atoms with Crippen LogP contribution < -0.4 is 10.1 Å². The van der Waals surface area contributed by atoms with Crippen LogP contribution in [0.25, 0.3) is 0 Å². The van der Waals surface area contributed by atoms with E-state index in [4.69, 9.17) is 16.3 Å². The van der Waals surface area contributed by atoms with Crippen molar-refractivity contribution < 1.29 is 9.53 Å². The van der Waals surface area contributed by atoms with Gasteiger partial charge in [0.15, 0.2) is 0 Å². The van der Waals surface area contributed by atoms with Gasteiger partial charge in [-0.2, -0.15) is 4.98 Å². The highest BCUT2D eigenvalue weighted by atomic mass is 35.5. The molecule has 1 amide bonds. The highest BCUT2D eigenvalue weighted by molar-refractivity contribution is 7.08. The van der Waals surface area contributed by atoms with E-state index < -0.39 is 0 Å². The van der Waals surface area contributed by atoms with E-state index in [1.807, 2.05) is 6.92 Å². The smallest absolute Gasteiger partial charge is 0.271 e. The molecular weight excluding hydrogens is 302 g/mol. The average Bonchev–Trinajstić information content (AvgIpc) is 2.86. The molecule has 0 spiro atoms. The SMILES string of the molecule is CCCc1nnsc1C(=O)Nc1nc(Cl)cc(OC)n1. The van der Waals surface area contributed by atoms with Gasteiger partial charge in [0, 0.05) is 6.07 Å². The number of aromatic nitrogens is 4. The molecule has 9 heteroatoms. The Balaban J connectivity index is 2.19. The van der Waals surface area contributed by atoms with Crippen molar-refractivity contribution in [1.82, 2.24) is 19.6 Å². The molecule has 106 valence electrons. The number of ether oxygens (including phenoxy) is 1. The van der Waals surface area contributed by atoms with Gasteiger partial charge in [0.25, 0.3) is 5.91 Å². The third kappa shape index (κ3) is 3.40. The van der Waals surface area contributed by atoms with Gasteiger partial charge < -0.3 is 4.74 Å². The summed E-state index contributed by atoms with van der Waals surface area (Å²) >= 11 is 6.85. The van der Waals surface area contributed by atoms with Gasteiger partial charge in [-0.25, -0.2) is 4.98 Å². The predicted octanol–water partition coefficient (Wildman–Crippen LogP) is 2.19. The van der Waals surface area contributed by atoms with Crippen molar-refractivity contribution in [1.29, 1.82) is 0 Å². The predicted molar refractivity (Wildman–Crippen MR) is 75.5 cm³/mol. The van der Waals surface area contributed by atoms with Gasteiger partial charge in [-0.3, -0.25) is 10.1 Å². The first-order valence-corrected chi connectivity index (χ1v) is 7.00. The minimum absolute atomic E-state index is 0.0789. The summed E-state index contributed by atoms with van der Waals surface area (Å²) < 4.78 is 8.76. The lowest BCUT2D eigenvalue weighted by atomic mass is 10.2. The summed E-state index contributed by atoms with van der Waals surface area (Å²) in [5.41, 5.74) is 0.670. The number of methoxy groups -OCH3 is 1. The van der Waals surface area contributed by atoms with Gasteiger partial charge >= 0.3 is 0 Å². The van der Waals surface area contributed by atoms with Crippen LogP contribution in [-0.4, -0.2) is 32.6 Å². The minimum Gasteiger partial charge on any atom is -0.481 e. The number of amides is 1. The van der Waals surface area contributed by atoms with E-state index in [0.29, 0.717) is 17.0 Å². The van der Waals surface area contributed by atoms with E-state index in [0.717, 1.165) is 18.0 Å². The normalized spacial score (nSPS) is 10.3. The zero-order valence-electron chi connectivity index (χ0n) is 10.9. The van der Waals surface area contributed by atoms with E-state index in [-0.39, 0.29) is 22.9 Å². The summed E-state index contributed by atoms with van der Waals surface area (Å²) in [6, 6.07) is 1.45. The standard InChI is InChI=1S/C11H12ClN5O2S/c1-3-4-6-9(20-17-16-6)10(18)15-11-13-7(12)5-8(14-11)19-2/h5H,3-4H2,1-2H3,(H,13,14,15,18). The number of aryl methyl sites for hydroxylation is 1. The summed E-state index contributed by atoms with van der Waals surface area (Å²) in [4.78, 5) is 20.5. The maximum Gasteiger partial charge on any atom is 0.271 e. The average molecular weight is 314 g/mol. The molecule has 2 aromatic rings. The molecule has 2 rings (SSSR count). The summed E-state index contributed by atoms with van der Waals surface area (Å²) in [7, 11) is 1.46. The Morgan fingerprint density at radius 3 is 3.00 bits per heavy atom. The summed E-state index contributed by atoms with van der Waals surface area (Å²) in [5.74, 6) is -0.000482. The molecule has 0 radical (unpaired) electrons. The maximum atomic E-state index is 12.1. The van der Waals surface area contributed by atoms with E-state index >= 15 is 0 Å². The molecule has 0 aliphatic rings. The quantitative estimate of drug-likeness (QED) is 0.851. The van der Waals surface area contributed by atoms with Gasteiger partial charge in [0.1, 0.15) is 10.0 Å². The Morgan fingerprint density at radius 1 is 1.50 bits per heavy atom. The molecule has 1 N–H and O–H groups in total. The lowest BCUT2D eigenvalue weighted by molar-refractivity contribution is 0.102. The molecule has 0 aromatic carbocycles. The Morgan fingerprint density at radius 2 is 2.30 bits per heavy atom. The van der Waals surface area contributed by atoms with Gasteiger partial charge in [0.2, 0.25) is 11.8 Å². The molecule has 0 aliphatic carbocycles.